The molecule has 0 aliphatic heterocycles. The van der Waals surface area contributed by atoms with E-state index >= 15 is 0 Å². The number of rotatable bonds is 6. The van der Waals surface area contributed by atoms with Gasteiger partial charge in [0.1, 0.15) is 5.82 Å². The number of halogens is 1. The molecule has 0 unspecified atom stereocenters. The molecular formula is C12H13FN6S. The summed E-state index contributed by atoms with van der Waals surface area (Å²) in [6.45, 7) is 1.40. The zero-order valence-electron chi connectivity index (χ0n) is 10.9. The molecule has 0 aliphatic carbocycles. The van der Waals surface area contributed by atoms with Crippen LogP contribution in [-0.4, -0.2) is 33.8 Å². The zero-order valence-corrected chi connectivity index (χ0v) is 11.7. The van der Waals surface area contributed by atoms with E-state index in [4.69, 9.17) is 5.26 Å². The number of tetrazole rings is 1. The molecule has 8 heteroatoms. The summed E-state index contributed by atoms with van der Waals surface area (Å²) in [7, 11) is 1.85. The largest absolute Gasteiger partial charge is 0.318 e. The van der Waals surface area contributed by atoms with Gasteiger partial charge in [-0.3, -0.25) is 0 Å². The highest BCUT2D eigenvalue weighted by atomic mass is 32.2. The molecule has 1 aromatic heterocycles. The maximum atomic E-state index is 13.2. The fraction of sp³-hybridized carbons (Fsp3) is 0.333. The molecule has 0 aliphatic rings. The maximum absolute atomic E-state index is 13.2. The lowest BCUT2D eigenvalue weighted by molar-refractivity contribution is 0.530. The third-order valence-corrected chi connectivity index (χ3v) is 3.62. The van der Waals surface area contributed by atoms with E-state index in [1.54, 1.807) is 4.68 Å². The first kappa shape index (κ1) is 14.4. The van der Waals surface area contributed by atoms with Crippen LogP contribution in [0.15, 0.2) is 23.4 Å². The topological polar surface area (TPSA) is 79.4 Å². The Bertz CT molecular complexity index is 621. The Morgan fingerprint density at radius 3 is 3.10 bits per heavy atom. The summed E-state index contributed by atoms with van der Waals surface area (Å²) in [5.74, 6) is 0.0926. The van der Waals surface area contributed by atoms with Gasteiger partial charge in [-0.25, -0.2) is 9.07 Å². The van der Waals surface area contributed by atoms with E-state index < -0.39 is 0 Å². The number of hydrogen-bond acceptors (Lipinski definition) is 6. The van der Waals surface area contributed by atoms with E-state index in [-0.39, 0.29) is 5.82 Å². The van der Waals surface area contributed by atoms with E-state index in [9.17, 15) is 4.39 Å². The molecule has 104 valence electrons. The first-order chi connectivity index (χ1) is 9.74. The van der Waals surface area contributed by atoms with Crippen LogP contribution in [-0.2, 0) is 12.3 Å². The lowest BCUT2D eigenvalue weighted by Gasteiger charge is -2.05. The number of hydrogen-bond donors (Lipinski definition) is 1. The molecule has 1 N–H and O–H groups in total. The molecule has 0 radical (unpaired) electrons. The van der Waals surface area contributed by atoms with Crippen molar-refractivity contribution in [3.63, 3.8) is 0 Å². The maximum Gasteiger partial charge on any atom is 0.209 e. The van der Waals surface area contributed by atoms with Crippen molar-refractivity contribution in [2.75, 3.05) is 13.6 Å². The highest BCUT2D eigenvalue weighted by molar-refractivity contribution is 7.98. The molecule has 0 amide bonds. The average molecular weight is 292 g/mol. The molecule has 20 heavy (non-hydrogen) atoms. The Labute approximate surface area is 120 Å². The normalized spacial score (nSPS) is 10.4. The number of nitrogens with one attached hydrogen (secondary N) is 1. The minimum Gasteiger partial charge on any atom is -0.318 e. The fourth-order valence-electron chi connectivity index (χ4n) is 1.59. The lowest BCUT2D eigenvalue weighted by Crippen LogP contribution is -2.16. The Balaban J connectivity index is 2.07. The summed E-state index contributed by atoms with van der Waals surface area (Å²) in [6, 6.07) is 6.18. The third-order valence-electron chi connectivity index (χ3n) is 2.62. The zero-order chi connectivity index (χ0) is 14.4. The van der Waals surface area contributed by atoms with Gasteiger partial charge in [-0.1, -0.05) is 11.8 Å². The van der Waals surface area contributed by atoms with Crippen LogP contribution < -0.4 is 5.32 Å². The highest BCUT2D eigenvalue weighted by Gasteiger charge is 2.09. The van der Waals surface area contributed by atoms with Crippen LogP contribution in [0.1, 0.15) is 11.1 Å². The molecule has 0 spiro atoms. The molecule has 0 saturated carbocycles. The van der Waals surface area contributed by atoms with E-state index in [2.05, 4.69) is 26.9 Å². The summed E-state index contributed by atoms with van der Waals surface area (Å²) in [4.78, 5) is 0. The smallest absolute Gasteiger partial charge is 0.209 e. The Morgan fingerprint density at radius 1 is 1.50 bits per heavy atom. The fourth-order valence-corrected chi connectivity index (χ4v) is 2.49. The van der Waals surface area contributed by atoms with Gasteiger partial charge in [-0.15, -0.1) is 5.10 Å². The number of aromatic nitrogens is 4. The van der Waals surface area contributed by atoms with E-state index in [1.807, 2.05) is 7.05 Å². The summed E-state index contributed by atoms with van der Waals surface area (Å²) >= 11 is 1.38. The summed E-state index contributed by atoms with van der Waals surface area (Å²) < 4.78 is 14.9. The highest BCUT2D eigenvalue weighted by Crippen LogP contribution is 2.22. The van der Waals surface area contributed by atoms with Crippen LogP contribution in [0.2, 0.25) is 0 Å². The van der Waals surface area contributed by atoms with Gasteiger partial charge < -0.3 is 5.32 Å². The van der Waals surface area contributed by atoms with Crippen molar-refractivity contribution in [1.82, 2.24) is 25.5 Å². The average Bonchev–Trinajstić information content (AvgIpc) is 2.90. The van der Waals surface area contributed by atoms with Gasteiger partial charge in [0.2, 0.25) is 5.16 Å². The van der Waals surface area contributed by atoms with Crippen molar-refractivity contribution in [3.8, 4) is 6.07 Å². The van der Waals surface area contributed by atoms with Gasteiger partial charge in [0, 0.05) is 12.3 Å². The van der Waals surface area contributed by atoms with Gasteiger partial charge in [0.15, 0.2) is 0 Å². The lowest BCUT2D eigenvalue weighted by atomic mass is 10.1. The molecule has 2 aromatic rings. The molecule has 1 heterocycles. The Kier molecular flexibility index (Phi) is 5.03. The van der Waals surface area contributed by atoms with Crippen LogP contribution in [0, 0.1) is 17.1 Å². The Morgan fingerprint density at radius 2 is 2.35 bits per heavy atom. The van der Waals surface area contributed by atoms with Crippen LogP contribution in [0.3, 0.4) is 0 Å². The molecule has 1 aromatic carbocycles. The predicted octanol–water partition coefficient (Wildman–Crippen LogP) is 1.20. The van der Waals surface area contributed by atoms with Crippen molar-refractivity contribution >= 4 is 11.8 Å². The number of thioether (sulfide) groups is 1. The van der Waals surface area contributed by atoms with Crippen molar-refractivity contribution in [2.45, 2.75) is 17.5 Å². The molecule has 0 atom stereocenters. The van der Waals surface area contributed by atoms with Crippen LogP contribution >= 0.6 is 11.8 Å². The number of nitrogens with zero attached hydrogens (tertiary/aromatic N) is 5. The standard InChI is InChI=1S/C12H13FN6S/c1-15-4-5-19-12(16-17-18-19)20-8-10-6-11(13)3-2-9(10)7-14/h2-3,6,15H,4-5,8H2,1H3. The van der Waals surface area contributed by atoms with Gasteiger partial charge in [0.25, 0.3) is 0 Å². The molecular weight excluding hydrogens is 279 g/mol. The second-order valence-electron chi connectivity index (χ2n) is 3.99. The summed E-state index contributed by atoms with van der Waals surface area (Å²) in [6.07, 6.45) is 0. The van der Waals surface area contributed by atoms with Crippen molar-refractivity contribution < 1.29 is 4.39 Å². The summed E-state index contributed by atoms with van der Waals surface area (Å²) in [5.41, 5.74) is 1.11. The molecule has 0 fully saturated rings. The molecule has 2 rings (SSSR count). The molecule has 6 nitrogen and oxygen atoms in total. The van der Waals surface area contributed by atoms with Gasteiger partial charge >= 0.3 is 0 Å². The minimum absolute atomic E-state index is 0.352. The SMILES string of the molecule is CNCCn1nnnc1SCc1cc(F)ccc1C#N. The van der Waals surface area contributed by atoms with Gasteiger partial charge in [0.05, 0.1) is 18.2 Å². The number of likely N-dealkylation sites (N-methyl/N-ethyl adjacent to an activating group) is 1. The van der Waals surface area contributed by atoms with Crippen LogP contribution in [0.5, 0.6) is 0 Å². The van der Waals surface area contributed by atoms with Gasteiger partial charge in [-0.05, 0) is 41.2 Å². The third kappa shape index (κ3) is 3.53. The van der Waals surface area contributed by atoms with E-state index in [0.29, 0.717) is 28.6 Å². The molecule has 0 bridgehead atoms. The number of benzene rings is 1. The van der Waals surface area contributed by atoms with Crippen molar-refractivity contribution in [1.29, 1.82) is 5.26 Å². The Hall–Kier alpha value is -1.98. The van der Waals surface area contributed by atoms with Crippen molar-refractivity contribution in [2.24, 2.45) is 0 Å². The van der Waals surface area contributed by atoms with E-state index in [0.717, 1.165) is 6.54 Å². The van der Waals surface area contributed by atoms with E-state index in [1.165, 1.54) is 30.0 Å². The molecule has 0 saturated heterocycles. The number of nitriles is 1. The quantitative estimate of drug-likeness (QED) is 0.806. The second-order valence-corrected chi connectivity index (χ2v) is 4.93. The first-order valence-corrected chi connectivity index (χ1v) is 6.95. The van der Waals surface area contributed by atoms with Crippen LogP contribution in [0.25, 0.3) is 0 Å². The predicted molar refractivity (Wildman–Crippen MR) is 72.4 cm³/mol. The van der Waals surface area contributed by atoms with Crippen LogP contribution in [0.4, 0.5) is 4.39 Å². The minimum atomic E-state index is -0.352. The van der Waals surface area contributed by atoms with Crippen molar-refractivity contribution in [3.05, 3.63) is 35.1 Å². The summed E-state index contributed by atoms with van der Waals surface area (Å²) in [5, 5.41) is 24.1. The second kappa shape index (κ2) is 6.98. The van der Waals surface area contributed by atoms with Gasteiger partial charge in [-0.2, -0.15) is 5.26 Å². The first-order valence-electron chi connectivity index (χ1n) is 5.96. The monoisotopic (exact) mass is 292 g/mol.